The zero-order chi connectivity index (χ0) is 18.6. The fraction of sp³-hybridized carbons (Fsp3) is 0.300. The summed E-state index contributed by atoms with van der Waals surface area (Å²) in [4.78, 5) is 24.0. The first-order chi connectivity index (χ1) is 12.5. The summed E-state index contributed by atoms with van der Waals surface area (Å²) in [5, 5.41) is 2.75. The number of carbonyl (C=O) groups is 2. The van der Waals surface area contributed by atoms with Gasteiger partial charge in [-0.05, 0) is 24.6 Å². The predicted molar refractivity (Wildman–Crippen MR) is 95.2 cm³/mol. The zero-order valence-corrected chi connectivity index (χ0v) is 14.8. The maximum absolute atomic E-state index is 12.0. The minimum absolute atomic E-state index is 0.173. The van der Waals surface area contributed by atoms with Crippen molar-refractivity contribution in [1.29, 1.82) is 0 Å². The Bertz CT molecular complexity index is 805. The van der Waals surface area contributed by atoms with Gasteiger partial charge in [-0.25, -0.2) is 4.79 Å². The van der Waals surface area contributed by atoms with Gasteiger partial charge in [0.15, 0.2) is 5.60 Å². The lowest BCUT2D eigenvalue weighted by atomic mass is 10.1. The molecule has 136 valence electrons. The Morgan fingerprint density at radius 3 is 2.54 bits per heavy atom. The molecule has 26 heavy (non-hydrogen) atoms. The molecule has 6 nitrogen and oxygen atoms in total. The van der Waals surface area contributed by atoms with Gasteiger partial charge >= 0.3 is 5.97 Å². The highest BCUT2D eigenvalue weighted by molar-refractivity contribution is 5.90. The lowest BCUT2D eigenvalue weighted by Crippen LogP contribution is -2.40. The summed E-state index contributed by atoms with van der Waals surface area (Å²) in [6.07, 6.45) is 0.550. The van der Waals surface area contributed by atoms with Crippen molar-refractivity contribution in [3.8, 4) is 11.5 Å². The topological polar surface area (TPSA) is 73.9 Å². The Balaban J connectivity index is 1.84. The van der Waals surface area contributed by atoms with Crippen LogP contribution in [0.4, 0.5) is 0 Å². The van der Waals surface area contributed by atoms with Crippen molar-refractivity contribution in [1.82, 2.24) is 5.32 Å². The Kier molecular flexibility index (Phi) is 5.11. The Morgan fingerprint density at radius 2 is 1.88 bits per heavy atom. The molecule has 0 spiro atoms. The van der Waals surface area contributed by atoms with E-state index in [0.29, 0.717) is 36.6 Å². The van der Waals surface area contributed by atoms with E-state index in [4.69, 9.17) is 14.2 Å². The summed E-state index contributed by atoms with van der Waals surface area (Å²) in [6, 6.07) is 14.5. The van der Waals surface area contributed by atoms with E-state index in [1.165, 1.54) is 7.11 Å². The van der Waals surface area contributed by atoms with E-state index in [1.807, 2.05) is 30.3 Å². The number of amides is 1. The molecule has 0 aliphatic carbocycles. The van der Waals surface area contributed by atoms with Crippen molar-refractivity contribution in [3.05, 3.63) is 59.7 Å². The van der Waals surface area contributed by atoms with Crippen molar-refractivity contribution in [2.24, 2.45) is 0 Å². The van der Waals surface area contributed by atoms with Crippen molar-refractivity contribution < 1.29 is 23.8 Å². The molecule has 3 rings (SSSR count). The van der Waals surface area contributed by atoms with E-state index in [2.05, 4.69) is 5.32 Å². The number of ether oxygens (including phenoxy) is 3. The maximum atomic E-state index is 12.0. The fourth-order valence-electron chi connectivity index (χ4n) is 2.76. The van der Waals surface area contributed by atoms with Crippen LogP contribution in [0, 0.1) is 0 Å². The van der Waals surface area contributed by atoms with Crippen molar-refractivity contribution >= 4 is 11.9 Å². The van der Waals surface area contributed by atoms with Crippen LogP contribution in [0.15, 0.2) is 48.5 Å². The first-order valence-electron chi connectivity index (χ1n) is 8.38. The van der Waals surface area contributed by atoms with E-state index in [1.54, 1.807) is 25.1 Å². The number of esters is 1. The van der Waals surface area contributed by atoms with E-state index in [-0.39, 0.29) is 5.91 Å². The van der Waals surface area contributed by atoms with Gasteiger partial charge in [-0.1, -0.05) is 30.3 Å². The predicted octanol–water partition coefficient (Wildman–Crippen LogP) is 2.71. The van der Waals surface area contributed by atoms with Gasteiger partial charge in [0, 0.05) is 19.0 Å². The second-order valence-electron chi connectivity index (χ2n) is 6.30. The monoisotopic (exact) mass is 355 g/mol. The number of hydrogen-bond donors (Lipinski definition) is 1. The molecule has 0 radical (unpaired) electrons. The minimum atomic E-state index is -0.967. The van der Waals surface area contributed by atoms with Crippen LogP contribution in [0.1, 0.15) is 29.3 Å². The summed E-state index contributed by atoms with van der Waals surface area (Å²) >= 11 is 0. The first kappa shape index (κ1) is 17.8. The molecule has 1 fully saturated rings. The zero-order valence-electron chi connectivity index (χ0n) is 14.8. The Hall–Kier alpha value is -3.02. The highest BCUT2D eigenvalue weighted by Gasteiger charge is 2.40. The largest absolute Gasteiger partial charge is 0.489 e. The minimum Gasteiger partial charge on any atom is -0.489 e. The molecule has 0 unspecified atom stereocenters. The highest BCUT2D eigenvalue weighted by atomic mass is 16.5. The van der Waals surface area contributed by atoms with Crippen LogP contribution in [-0.4, -0.2) is 31.1 Å². The Morgan fingerprint density at radius 1 is 1.15 bits per heavy atom. The highest BCUT2D eigenvalue weighted by Crippen LogP contribution is 2.30. The van der Waals surface area contributed by atoms with E-state index in [9.17, 15) is 9.59 Å². The van der Waals surface area contributed by atoms with E-state index in [0.717, 1.165) is 5.56 Å². The molecule has 6 heteroatoms. The third kappa shape index (κ3) is 3.96. The smallest absolute Gasteiger partial charge is 0.338 e. The number of nitrogens with one attached hydrogen (secondary N) is 1. The average Bonchev–Trinajstić information content (AvgIpc) is 2.98. The lowest BCUT2D eigenvalue weighted by Gasteiger charge is -2.23. The third-order valence-corrected chi connectivity index (χ3v) is 4.26. The van der Waals surface area contributed by atoms with Gasteiger partial charge in [-0.3, -0.25) is 4.79 Å². The number of carbonyl (C=O) groups excluding carboxylic acids is 2. The molecular weight excluding hydrogens is 334 g/mol. The average molecular weight is 355 g/mol. The number of methoxy groups -OCH3 is 1. The van der Waals surface area contributed by atoms with Crippen LogP contribution < -0.4 is 14.8 Å². The number of hydrogen-bond acceptors (Lipinski definition) is 5. The van der Waals surface area contributed by atoms with Gasteiger partial charge in [-0.15, -0.1) is 0 Å². The number of benzene rings is 2. The first-order valence-corrected chi connectivity index (χ1v) is 8.38. The van der Waals surface area contributed by atoms with Crippen LogP contribution in [-0.2, 0) is 16.1 Å². The molecule has 1 amide bonds. The maximum Gasteiger partial charge on any atom is 0.338 e. The molecule has 1 aliphatic heterocycles. The molecule has 1 heterocycles. The summed E-state index contributed by atoms with van der Waals surface area (Å²) in [7, 11) is 1.31. The molecule has 0 saturated carbocycles. The fourth-order valence-corrected chi connectivity index (χ4v) is 2.76. The molecule has 2 aromatic carbocycles. The molecule has 0 aromatic heterocycles. The molecule has 1 aliphatic rings. The van der Waals surface area contributed by atoms with Crippen molar-refractivity contribution in [2.45, 2.75) is 25.6 Å². The lowest BCUT2D eigenvalue weighted by molar-refractivity contribution is -0.131. The summed E-state index contributed by atoms with van der Waals surface area (Å²) in [5.74, 6) is 0.179. The van der Waals surface area contributed by atoms with Crippen LogP contribution in [0.2, 0.25) is 0 Å². The normalized spacial score (nSPS) is 18.9. The molecule has 0 bridgehead atoms. The second-order valence-corrected chi connectivity index (χ2v) is 6.30. The number of rotatable bonds is 6. The van der Waals surface area contributed by atoms with Crippen LogP contribution in [0.3, 0.4) is 0 Å². The SMILES string of the molecule is COC(=O)c1cc(OCc2ccccc2)cc(O[C@]2(C)CCNC2=O)c1. The summed E-state index contributed by atoms with van der Waals surface area (Å²) < 4.78 is 16.5. The molecular formula is C20H21NO5. The quantitative estimate of drug-likeness (QED) is 0.807. The molecule has 1 saturated heterocycles. The van der Waals surface area contributed by atoms with Crippen molar-refractivity contribution in [3.63, 3.8) is 0 Å². The molecule has 2 aromatic rings. The van der Waals surface area contributed by atoms with Gasteiger partial charge in [0.05, 0.1) is 12.7 Å². The second kappa shape index (κ2) is 7.47. The van der Waals surface area contributed by atoms with Gasteiger partial charge in [0.1, 0.15) is 18.1 Å². The van der Waals surface area contributed by atoms with Gasteiger partial charge in [0.2, 0.25) is 0 Å². The van der Waals surface area contributed by atoms with Crippen molar-refractivity contribution in [2.75, 3.05) is 13.7 Å². The summed E-state index contributed by atoms with van der Waals surface area (Å²) in [5.41, 5.74) is 0.335. The molecule has 1 atom stereocenters. The summed E-state index contributed by atoms with van der Waals surface area (Å²) in [6.45, 7) is 2.64. The van der Waals surface area contributed by atoms with Gasteiger partial charge in [0.25, 0.3) is 5.91 Å². The Labute approximate surface area is 152 Å². The van der Waals surface area contributed by atoms with Gasteiger partial charge in [-0.2, -0.15) is 0 Å². The third-order valence-electron chi connectivity index (χ3n) is 4.26. The standard InChI is InChI=1S/C20H21NO5/c1-20(8-9-21-19(20)23)26-17-11-15(18(22)24-2)10-16(12-17)25-13-14-6-4-3-5-7-14/h3-7,10-12H,8-9,13H2,1-2H3,(H,21,23)/t20-/m1/s1. The van der Waals surface area contributed by atoms with Gasteiger partial charge < -0.3 is 19.5 Å². The van der Waals surface area contributed by atoms with Crippen LogP contribution in [0.25, 0.3) is 0 Å². The van der Waals surface area contributed by atoms with E-state index < -0.39 is 11.6 Å². The van der Waals surface area contributed by atoms with E-state index >= 15 is 0 Å². The molecule has 1 N–H and O–H groups in total. The van der Waals surface area contributed by atoms with Crippen LogP contribution >= 0.6 is 0 Å². The van der Waals surface area contributed by atoms with Crippen LogP contribution in [0.5, 0.6) is 11.5 Å².